The van der Waals surface area contributed by atoms with Crippen molar-refractivity contribution in [2.45, 2.75) is 25.7 Å². The third kappa shape index (κ3) is 6.45. The third-order valence-electron chi connectivity index (χ3n) is 3.76. The number of hydrogen-bond acceptors (Lipinski definition) is 6. The molecule has 0 saturated carbocycles. The van der Waals surface area contributed by atoms with E-state index in [1.54, 1.807) is 12.1 Å². The number of rotatable bonds is 9. The van der Waals surface area contributed by atoms with Crippen molar-refractivity contribution in [3.8, 4) is 5.75 Å². The number of phenolic OH excluding ortho intramolecular Hbond substituents is 1. The highest BCUT2D eigenvalue weighted by Crippen LogP contribution is 2.32. The lowest BCUT2D eigenvalue weighted by atomic mass is 10.2. The molecule has 1 heterocycles. The van der Waals surface area contributed by atoms with Gasteiger partial charge in [0.25, 0.3) is 11.1 Å². The van der Waals surface area contributed by atoms with Crippen molar-refractivity contribution in [2.75, 3.05) is 13.1 Å². The Morgan fingerprint density at radius 3 is 2.48 bits per heavy atom. The fourth-order valence-corrected chi connectivity index (χ4v) is 3.20. The zero-order chi connectivity index (χ0) is 19.8. The summed E-state index contributed by atoms with van der Waals surface area (Å²) in [5.74, 6) is -1.73. The first kappa shape index (κ1) is 20.5. The van der Waals surface area contributed by atoms with Crippen LogP contribution in [0.2, 0.25) is 0 Å². The molecule has 1 aliphatic rings. The number of carboxylic acid groups (broad SMARTS) is 1. The number of carbonyl (C=O) groups excluding carboxylic acids is 3. The van der Waals surface area contributed by atoms with Crippen molar-refractivity contribution in [2.24, 2.45) is 0 Å². The van der Waals surface area contributed by atoms with Gasteiger partial charge in [-0.2, -0.15) is 0 Å². The number of aromatic hydroxyl groups is 1. The Morgan fingerprint density at radius 1 is 1.11 bits per heavy atom. The zero-order valence-electron chi connectivity index (χ0n) is 14.5. The van der Waals surface area contributed by atoms with E-state index in [-0.39, 0.29) is 23.6 Å². The van der Waals surface area contributed by atoms with Crippen molar-refractivity contribution < 1.29 is 29.4 Å². The summed E-state index contributed by atoms with van der Waals surface area (Å²) in [4.78, 5) is 47.8. The van der Waals surface area contributed by atoms with Crippen LogP contribution in [-0.2, 0) is 14.4 Å². The van der Waals surface area contributed by atoms with E-state index in [2.05, 4.69) is 5.32 Å². The van der Waals surface area contributed by atoms with E-state index in [0.29, 0.717) is 31.4 Å². The summed E-state index contributed by atoms with van der Waals surface area (Å²) >= 11 is 0.761. The largest absolute Gasteiger partial charge is 0.508 e. The third-order valence-corrected chi connectivity index (χ3v) is 4.66. The lowest BCUT2D eigenvalue weighted by Gasteiger charge is -2.12. The summed E-state index contributed by atoms with van der Waals surface area (Å²) in [7, 11) is 0. The van der Waals surface area contributed by atoms with Crippen LogP contribution in [0.25, 0.3) is 6.08 Å². The molecule has 2 rings (SSSR count). The second-order valence-electron chi connectivity index (χ2n) is 5.91. The zero-order valence-corrected chi connectivity index (χ0v) is 15.3. The van der Waals surface area contributed by atoms with E-state index in [4.69, 9.17) is 5.11 Å². The number of hydrogen-bond donors (Lipinski definition) is 3. The minimum atomic E-state index is -0.848. The number of carboxylic acids is 1. The van der Waals surface area contributed by atoms with Crippen LogP contribution in [-0.4, -0.2) is 51.2 Å². The van der Waals surface area contributed by atoms with E-state index >= 15 is 0 Å². The van der Waals surface area contributed by atoms with Crippen molar-refractivity contribution in [1.29, 1.82) is 0 Å². The summed E-state index contributed by atoms with van der Waals surface area (Å²) in [6.07, 6.45) is 3.46. The molecular weight excluding hydrogens is 372 g/mol. The van der Waals surface area contributed by atoms with Crippen molar-refractivity contribution in [3.63, 3.8) is 0 Å². The highest BCUT2D eigenvalue weighted by atomic mass is 32.2. The van der Waals surface area contributed by atoms with Gasteiger partial charge in [0.05, 0.1) is 4.91 Å². The van der Waals surface area contributed by atoms with Crippen molar-refractivity contribution in [1.82, 2.24) is 10.2 Å². The van der Waals surface area contributed by atoms with Crippen molar-refractivity contribution >= 4 is 40.9 Å². The maximum absolute atomic E-state index is 12.3. The summed E-state index contributed by atoms with van der Waals surface area (Å²) in [5.41, 5.74) is 0.657. The van der Waals surface area contributed by atoms with Gasteiger partial charge in [0.15, 0.2) is 0 Å². The van der Waals surface area contributed by atoms with E-state index in [0.717, 1.165) is 16.7 Å². The highest BCUT2D eigenvalue weighted by Gasteiger charge is 2.36. The summed E-state index contributed by atoms with van der Waals surface area (Å²) in [6.45, 7) is 0.00469. The SMILES string of the molecule is O=C(O)CCCCCNC(=O)CN1C(=O)S/C(=C\c2ccc(O)cc2)C1=O. The maximum atomic E-state index is 12.3. The smallest absolute Gasteiger partial charge is 0.303 e. The Kier molecular flexibility index (Phi) is 7.42. The van der Waals surface area contributed by atoms with Crippen molar-refractivity contribution in [3.05, 3.63) is 34.7 Å². The molecule has 0 unspecified atom stereocenters. The number of amides is 3. The summed E-state index contributed by atoms with van der Waals surface area (Å²) < 4.78 is 0. The monoisotopic (exact) mass is 392 g/mol. The number of carbonyl (C=O) groups is 4. The molecule has 144 valence electrons. The number of imide groups is 1. The van der Waals surface area contributed by atoms with E-state index in [1.165, 1.54) is 18.2 Å². The average Bonchev–Trinajstić information content (AvgIpc) is 2.87. The molecule has 1 aromatic carbocycles. The Morgan fingerprint density at radius 2 is 1.81 bits per heavy atom. The fourth-order valence-electron chi connectivity index (χ4n) is 2.36. The second kappa shape index (κ2) is 9.77. The number of phenols is 1. The number of thioether (sulfide) groups is 1. The lowest BCUT2D eigenvalue weighted by molar-refractivity contribution is -0.137. The first-order valence-electron chi connectivity index (χ1n) is 8.39. The lowest BCUT2D eigenvalue weighted by Crippen LogP contribution is -2.39. The average molecular weight is 392 g/mol. The van der Waals surface area contributed by atoms with Crippen LogP contribution >= 0.6 is 11.8 Å². The normalized spacial score (nSPS) is 15.4. The van der Waals surface area contributed by atoms with Crippen LogP contribution in [0.15, 0.2) is 29.2 Å². The molecule has 0 atom stereocenters. The van der Waals surface area contributed by atoms with E-state index in [1.807, 2.05) is 0 Å². The van der Waals surface area contributed by atoms with Crippen LogP contribution < -0.4 is 5.32 Å². The van der Waals surface area contributed by atoms with Gasteiger partial charge in [0.2, 0.25) is 5.91 Å². The standard InChI is InChI=1S/C18H20N2O6S/c21-13-7-5-12(6-8-13)10-14-17(25)20(18(26)27-14)11-15(22)19-9-3-1-2-4-16(23)24/h5-8,10,21H,1-4,9,11H2,(H,19,22)(H,23,24)/b14-10-. The molecule has 3 N–H and O–H groups in total. The fraction of sp³-hybridized carbons (Fsp3) is 0.333. The van der Waals surface area contributed by atoms with Crippen LogP contribution in [0.5, 0.6) is 5.75 Å². The highest BCUT2D eigenvalue weighted by molar-refractivity contribution is 8.18. The van der Waals surface area contributed by atoms with Gasteiger partial charge >= 0.3 is 5.97 Å². The Balaban J connectivity index is 1.81. The molecule has 1 aliphatic heterocycles. The molecule has 27 heavy (non-hydrogen) atoms. The molecule has 0 bridgehead atoms. The van der Waals surface area contributed by atoms with Gasteiger partial charge in [0.1, 0.15) is 12.3 Å². The topological polar surface area (TPSA) is 124 Å². The van der Waals surface area contributed by atoms with E-state index in [9.17, 15) is 24.3 Å². The van der Waals surface area contributed by atoms with Crippen LogP contribution in [0.4, 0.5) is 4.79 Å². The molecule has 0 aliphatic carbocycles. The first-order valence-corrected chi connectivity index (χ1v) is 9.21. The quantitative estimate of drug-likeness (QED) is 0.435. The second-order valence-corrected chi connectivity index (χ2v) is 6.91. The minimum absolute atomic E-state index is 0.0953. The van der Waals surface area contributed by atoms with Crippen LogP contribution in [0.1, 0.15) is 31.2 Å². The molecule has 1 saturated heterocycles. The number of nitrogens with one attached hydrogen (secondary N) is 1. The van der Waals surface area contributed by atoms with Gasteiger partial charge in [-0.25, -0.2) is 0 Å². The summed E-state index contributed by atoms with van der Waals surface area (Å²) in [5, 5.41) is 19.9. The molecule has 1 aromatic rings. The number of benzene rings is 1. The predicted octanol–water partition coefficient (Wildman–Crippen LogP) is 2.19. The molecule has 0 spiro atoms. The van der Waals surface area contributed by atoms with Gasteiger partial charge in [-0.1, -0.05) is 18.6 Å². The molecular formula is C18H20N2O6S. The molecule has 1 fully saturated rings. The van der Waals surface area contributed by atoms with Gasteiger partial charge in [0, 0.05) is 13.0 Å². The van der Waals surface area contributed by atoms with Gasteiger partial charge in [-0.3, -0.25) is 24.1 Å². The van der Waals surface area contributed by atoms with Crippen LogP contribution in [0, 0.1) is 0 Å². The summed E-state index contributed by atoms with van der Waals surface area (Å²) in [6, 6.07) is 6.17. The first-order chi connectivity index (χ1) is 12.9. The number of aliphatic carboxylic acids is 1. The van der Waals surface area contributed by atoms with E-state index < -0.39 is 23.0 Å². The Bertz CT molecular complexity index is 760. The predicted molar refractivity (Wildman–Crippen MR) is 99.9 cm³/mol. The van der Waals surface area contributed by atoms with Crippen LogP contribution in [0.3, 0.4) is 0 Å². The minimum Gasteiger partial charge on any atom is -0.508 e. The number of unbranched alkanes of at least 4 members (excludes halogenated alkanes) is 2. The molecule has 8 nitrogen and oxygen atoms in total. The number of nitrogens with zero attached hydrogens (tertiary/aromatic N) is 1. The molecule has 0 radical (unpaired) electrons. The Hall–Kier alpha value is -2.81. The maximum Gasteiger partial charge on any atom is 0.303 e. The van der Waals surface area contributed by atoms with Gasteiger partial charge < -0.3 is 15.5 Å². The van der Waals surface area contributed by atoms with Gasteiger partial charge in [-0.05, 0) is 48.4 Å². The Labute approximate surface area is 160 Å². The van der Waals surface area contributed by atoms with Gasteiger partial charge in [-0.15, -0.1) is 0 Å². The molecule has 0 aromatic heterocycles. The molecule has 3 amide bonds. The molecule has 9 heteroatoms.